The van der Waals surface area contributed by atoms with Crippen LogP contribution in [0.4, 0.5) is 5.69 Å². The highest BCUT2D eigenvalue weighted by molar-refractivity contribution is 7.98. The summed E-state index contributed by atoms with van der Waals surface area (Å²) >= 11 is 1.55. The SMILES string of the molecule is COc1ccc(S(=O)(=O)NCC(=O)Nc2cccc(SC)c2)cc1OC. The molecular formula is C17H20N2O5S2. The zero-order chi connectivity index (χ0) is 19.2. The van der Waals surface area contributed by atoms with Crippen LogP contribution in [0.3, 0.4) is 0 Å². The summed E-state index contributed by atoms with van der Waals surface area (Å²) in [5.74, 6) is 0.235. The quantitative estimate of drug-likeness (QED) is 0.665. The molecule has 7 nitrogen and oxygen atoms in total. The summed E-state index contributed by atoms with van der Waals surface area (Å²) in [6.45, 7) is -0.389. The molecule has 0 aromatic heterocycles. The van der Waals surface area contributed by atoms with Crippen molar-refractivity contribution < 1.29 is 22.7 Å². The number of benzene rings is 2. The maximum atomic E-state index is 12.4. The third-order valence-corrected chi connectivity index (χ3v) is 5.57. The van der Waals surface area contributed by atoms with Crippen LogP contribution in [0.25, 0.3) is 0 Å². The molecule has 0 unspecified atom stereocenters. The maximum absolute atomic E-state index is 12.4. The summed E-state index contributed by atoms with van der Waals surface area (Å²) in [5, 5.41) is 2.66. The molecule has 0 saturated carbocycles. The molecular weight excluding hydrogens is 376 g/mol. The Hall–Kier alpha value is -2.23. The summed E-state index contributed by atoms with van der Waals surface area (Å²) in [7, 11) is -0.995. The molecule has 2 aromatic rings. The van der Waals surface area contributed by atoms with Crippen LogP contribution in [0, 0.1) is 0 Å². The van der Waals surface area contributed by atoms with Crippen molar-refractivity contribution in [1.82, 2.24) is 4.72 Å². The van der Waals surface area contributed by atoms with Crippen LogP contribution in [-0.2, 0) is 14.8 Å². The van der Waals surface area contributed by atoms with Gasteiger partial charge in [-0.2, -0.15) is 0 Å². The predicted octanol–water partition coefficient (Wildman–Crippen LogP) is 2.34. The Kier molecular flexibility index (Phi) is 6.90. The largest absolute Gasteiger partial charge is 0.493 e. The maximum Gasteiger partial charge on any atom is 0.241 e. The molecule has 0 saturated heterocycles. The van der Waals surface area contributed by atoms with Gasteiger partial charge in [-0.15, -0.1) is 11.8 Å². The van der Waals surface area contributed by atoms with Crippen LogP contribution in [0.15, 0.2) is 52.3 Å². The lowest BCUT2D eigenvalue weighted by molar-refractivity contribution is -0.115. The van der Waals surface area contributed by atoms with E-state index in [-0.39, 0.29) is 17.2 Å². The fourth-order valence-corrected chi connectivity index (χ4v) is 3.59. The number of sulfonamides is 1. The second-order valence-electron chi connectivity index (χ2n) is 5.12. The molecule has 2 rings (SSSR count). The molecule has 0 spiro atoms. The number of carbonyl (C=O) groups excluding carboxylic acids is 1. The van der Waals surface area contributed by atoms with Crippen molar-refractivity contribution in [1.29, 1.82) is 0 Å². The first-order valence-corrected chi connectivity index (χ1v) is 10.3. The third kappa shape index (κ3) is 5.13. The van der Waals surface area contributed by atoms with Gasteiger partial charge in [-0.25, -0.2) is 13.1 Å². The Morgan fingerprint density at radius 1 is 1.08 bits per heavy atom. The summed E-state index contributed by atoms with van der Waals surface area (Å²) in [4.78, 5) is 13.0. The summed E-state index contributed by atoms with van der Waals surface area (Å²) < 4.78 is 37.2. The van der Waals surface area contributed by atoms with Gasteiger partial charge in [-0.1, -0.05) is 6.07 Å². The highest BCUT2D eigenvalue weighted by Crippen LogP contribution is 2.29. The highest BCUT2D eigenvalue weighted by atomic mass is 32.2. The van der Waals surface area contributed by atoms with Gasteiger partial charge < -0.3 is 14.8 Å². The Morgan fingerprint density at radius 2 is 1.81 bits per heavy atom. The molecule has 0 aliphatic rings. The zero-order valence-corrected chi connectivity index (χ0v) is 16.2. The Labute approximate surface area is 157 Å². The summed E-state index contributed by atoms with van der Waals surface area (Å²) in [5.41, 5.74) is 0.604. The first-order chi connectivity index (χ1) is 12.4. The topological polar surface area (TPSA) is 93.7 Å². The molecule has 0 radical (unpaired) electrons. The first-order valence-electron chi connectivity index (χ1n) is 7.55. The minimum Gasteiger partial charge on any atom is -0.493 e. The van der Waals surface area contributed by atoms with Gasteiger partial charge in [0, 0.05) is 16.6 Å². The Balaban J connectivity index is 2.04. The van der Waals surface area contributed by atoms with Crippen molar-refractivity contribution in [2.24, 2.45) is 0 Å². The van der Waals surface area contributed by atoms with Crippen molar-refractivity contribution in [3.63, 3.8) is 0 Å². The number of rotatable bonds is 8. The smallest absolute Gasteiger partial charge is 0.241 e. The molecule has 2 N–H and O–H groups in total. The number of nitrogens with one attached hydrogen (secondary N) is 2. The average Bonchev–Trinajstić information content (AvgIpc) is 2.66. The minimum atomic E-state index is -3.87. The van der Waals surface area contributed by atoms with Gasteiger partial charge in [0.1, 0.15) is 0 Å². The van der Waals surface area contributed by atoms with E-state index in [9.17, 15) is 13.2 Å². The van der Waals surface area contributed by atoms with E-state index in [0.717, 1.165) is 4.90 Å². The normalized spacial score (nSPS) is 11.0. The number of hydrogen-bond acceptors (Lipinski definition) is 6. The number of anilines is 1. The number of methoxy groups -OCH3 is 2. The van der Waals surface area contributed by atoms with E-state index >= 15 is 0 Å². The van der Waals surface area contributed by atoms with Crippen LogP contribution in [-0.4, -0.2) is 41.3 Å². The van der Waals surface area contributed by atoms with Crippen molar-refractivity contribution in [2.45, 2.75) is 9.79 Å². The fraction of sp³-hybridized carbons (Fsp3) is 0.235. The van der Waals surface area contributed by atoms with Crippen molar-refractivity contribution >= 4 is 33.4 Å². The van der Waals surface area contributed by atoms with Gasteiger partial charge in [0.25, 0.3) is 0 Å². The molecule has 140 valence electrons. The standard InChI is InChI=1S/C17H20N2O5S2/c1-23-15-8-7-14(10-16(15)24-2)26(21,22)18-11-17(20)19-12-5-4-6-13(9-12)25-3/h4-10,18H,11H2,1-3H3,(H,19,20). The summed E-state index contributed by atoms with van der Waals surface area (Å²) in [6.07, 6.45) is 1.93. The van der Waals surface area contributed by atoms with E-state index in [1.807, 2.05) is 24.5 Å². The van der Waals surface area contributed by atoms with Gasteiger partial charge in [-0.05, 0) is 36.6 Å². The first kappa shape index (κ1) is 20.1. The number of amides is 1. The molecule has 2 aromatic carbocycles. The molecule has 0 atom stereocenters. The average molecular weight is 396 g/mol. The van der Waals surface area contributed by atoms with Crippen LogP contribution in [0.2, 0.25) is 0 Å². The van der Waals surface area contributed by atoms with E-state index in [4.69, 9.17) is 9.47 Å². The van der Waals surface area contributed by atoms with E-state index < -0.39 is 15.9 Å². The summed E-state index contributed by atoms with van der Waals surface area (Å²) in [6, 6.07) is 11.5. The minimum absolute atomic E-state index is 0.0210. The molecule has 0 aliphatic carbocycles. The monoisotopic (exact) mass is 396 g/mol. The second-order valence-corrected chi connectivity index (χ2v) is 7.77. The van der Waals surface area contributed by atoms with E-state index in [2.05, 4.69) is 10.0 Å². The van der Waals surface area contributed by atoms with Crippen LogP contribution < -0.4 is 19.5 Å². The van der Waals surface area contributed by atoms with Crippen molar-refractivity contribution in [3.05, 3.63) is 42.5 Å². The number of hydrogen-bond donors (Lipinski definition) is 2. The van der Waals surface area contributed by atoms with Gasteiger partial charge >= 0.3 is 0 Å². The molecule has 0 fully saturated rings. The molecule has 9 heteroatoms. The Morgan fingerprint density at radius 3 is 2.46 bits per heavy atom. The second kappa shape index (κ2) is 8.93. The molecule has 26 heavy (non-hydrogen) atoms. The van der Waals surface area contributed by atoms with Gasteiger partial charge in [-0.3, -0.25) is 4.79 Å². The number of carbonyl (C=O) groups is 1. The van der Waals surface area contributed by atoms with E-state index in [1.165, 1.54) is 32.4 Å². The molecule has 1 amide bonds. The van der Waals surface area contributed by atoms with Crippen LogP contribution in [0.1, 0.15) is 0 Å². The van der Waals surface area contributed by atoms with E-state index in [0.29, 0.717) is 11.4 Å². The van der Waals surface area contributed by atoms with E-state index in [1.54, 1.807) is 17.8 Å². The Bertz CT molecular complexity index is 884. The van der Waals surface area contributed by atoms with Crippen molar-refractivity contribution in [3.8, 4) is 11.5 Å². The molecule has 0 heterocycles. The van der Waals surface area contributed by atoms with Crippen LogP contribution >= 0.6 is 11.8 Å². The third-order valence-electron chi connectivity index (χ3n) is 3.44. The highest BCUT2D eigenvalue weighted by Gasteiger charge is 2.18. The molecule has 0 aliphatic heterocycles. The number of ether oxygens (including phenoxy) is 2. The van der Waals surface area contributed by atoms with Gasteiger partial charge in [0.05, 0.1) is 25.7 Å². The lowest BCUT2D eigenvalue weighted by Crippen LogP contribution is -2.32. The fourth-order valence-electron chi connectivity index (χ4n) is 2.13. The van der Waals surface area contributed by atoms with Crippen molar-refractivity contribution in [2.75, 3.05) is 32.3 Å². The zero-order valence-electron chi connectivity index (χ0n) is 14.6. The van der Waals surface area contributed by atoms with Gasteiger partial charge in [0.2, 0.25) is 15.9 Å². The lowest BCUT2D eigenvalue weighted by Gasteiger charge is -2.11. The van der Waals surface area contributed by atoms with Gasteiger partial charge in [0.15, 0.2) is 11.5 Å². The number of thioether (sulfide) groups is 1. The lowest BCUT2D eigenvalue weighted by atomic mass is 10.3. The van der Waals surface area contributed by atoms with Crippen LogP contribution in [0.5, 0.6) is 11.5 Å². The predicted molar refractivity (Wildman–Crippen MR) is 102 cm³/mol. The molecule has 0 bridgehead atoms.